The zero-order valence-electron chi connectivity index (χ0n) is 10.2. The first kappa shape index (κ1) is 11.5. The van der Waals surface area contributed by atoms with E-state index < -0.39 is 0 Å². The Morgan fingerprint density at radius 2 is 2.00 bits per heavy atom. The zero-order chi connectivity index (χ0) is 13.1. The maximum atomic E-state index is 5.39. The van der Waals surface area contributed by atoms with Gasteiger partial charge in [0.15, 0.2) is 5.82 Å². The fourth-order valence-corrected chi connectivity index (χ4v) is 1.56. The molecule has 0 saturated heterocycles. The second-order valence-electron chi connectivity index (χ2n) is 3.91. The summed E-state index contributed by atoms with van der Waals surface area (Å²) in [6.45, 7) is 1.94. The van der Waals surface area contributed by atoms with Crippen LogP contribution in [0.3, 0.4) is 0 Å². The van der Waals surface area contributed by atoms with E-state index in [-0.39, 0.29) is 12.7 Å². The maximum Gasteiger partial charge on any atom is 0.417 e. The summed E-state index contributed by atoms with van der Waals surface area (Å²) in [6.07, 6.45) is 1.67. The normalized spacial score (nSPS) is 10.6. The number of oxazole rings is 1. The van der Waals surface area contributed by atoms with Crippen molar-refractivity contribution in [1.82, 2.24) is 15.1 Å². The minimum Gasteiger partial charge on any atom is -0.444 e. The molecule has 0 unspecified atom stereocenters. The van der Waals surface area contributed by atoms with Crippen molar-refractivity contribution in [2.24, 2.45) is 0 Å². The standard InChI is InChI=1S/C13H11N3O3/c1-9-14-13(19-16-9)18-8-11-7-17-12(15-11)10-5-3-2-4-6-10/h2-7H,8H2,1H3. The van der Waals surface area contributed by atoms with Crippen molar-refractivity contribution >= 4 is 0 Å². The van der Waals surface area contributed by atoms with Gasteiger partial charge in [-0.25, -0.2) is 4.98 Å². The molecule has 6 heteroatoms. The number of aryl methyl sites for hydroxylation is 1. The summed E-state index contributed by atoms with van der Waals surface area (Å²) in [5.74, 6) is 1.08. The zero-order valence-corrected chi connectivity index (χ0v) is 10.2. The van der Waals surface area contributed by atoms with Crippen LogP contribution < -0.4 is 4.74 Å². The third-order valence-electron chi connectivity index (χ3n) is 2.42. The second kappa shape index (κ2) is 4.93. The van der Waals surface area contributed by atoms with E-state index in [1.54, 1.807) is 13.2 Å². The third kappa shape index (κ3) is 2.62. The van der Waals surface area contributed by atoms with Crippen LogP contribution in [0.25, 0.3) is 11.5 Å². The first-order valence-electron chi connectivity index (χ1n) is 5.74. The van der Waals surface area contributed by atoms with Crippen LogP contribution in [0.15, 0.2) is 45.5 Å². The third-order valence-corrected chi connectivity index (χ3v) is 2.42. The first-order chi connectivity index (χ1) is 9.31. The Bertz CT molecular complexity index is 661. The van der Waals surface area contributed by atoms with Gasteiger partial charge in [0, 0.05) is 5.56 Å². The molecular weight excluding hydrogens is 246 g/mol. The van der Waals surface area contributed by atoms with E-state index in [0.717, 1.165) is 5.56 Å². The van der Waals surface area contributed by atoms with E-state index in [1.165, 1.54) is 0 Å². The molecule has 6 nitrogen and oxygen atoms in total. The number of ether oxygens (including phenoxy) is 1. The van der Waals surface area contributed by atoms with E-state index in [1.807, 2.05) is 30.3 Å². The molecule has 0 aliphatic carbocycles. The molecule has 0 amide bonds. The number of hydrogen-bond donors (Lipinski definition) is 0. The molecule has 0 N–H and O–H groups in total. The first-order valence-corrected chi connectivity index (χ1v) is 5.74. The lowest BCUT2D eigenvalue weighted by molar-refractivity contribution is 0.192. The molecule has 0 fully saturated rings. The Hall–Kier alpha value is -2.63. The van der Waals surface area contributed by atoms with Gasteiger partial charge in [0.1, 0.15) is 18.6 Å². The summed E-state index contributed by atoms with van der Waals surface area (Å²) in [6, 6.07) is 9.65. The van der Waals surface area contributed by atoms with Gasteiger partial charge in [0.25, 0.3) is 0 Å². The van der Waals surface area contributed by atoms with E-state index in [2.05, 4.69) is 15.1 Å². The van der Waals surface area contributed by atoms with Gasteiger partial charge < -0.3 is 9.15 Å². The van der Waals surface area contributed by atoms with Crippen molar-refractivity contribution in [3.05, 3.63) is 48.1 Å². The molecule has 3 aromatic rings. The second-order valence-corrected chi connectivity index (χ2v) is 3.91. The monoisotopic (exact) mass is 257 g/mol. The Kier molecular flexibility index (Phi) is 2.97. The highest BCUT2D eigenvalue weighted by Crippen LogP contribution is 2.18. The fourth-order valence-electron chi connectivity index (χ4n) is 1.56. The van der Waals surface area contributed by atoms with Gasteiger partial charge in [-0.3, -0.25) is 4.52 Å². The molecule has 96 valence electrons. The van der Waals surface area contributed by atoms with Crippen molar-refractivity contribution < 1.29 is 13.7 Å². The Morgan fingerprint density at radius 1 is 1.16 bits per heavy atom. The summed E-state index contributed by atoms with van der Waals surface area (Å²) in [5.41, 5.74) is 1.58. The van der Waals surface area contributed by atoms with Crippen LogP contribution in [-0.2, 0) is 6.61 Å². The SMILES string of the molecule is Cc1noc(OCc2coc(-c3ccccc3)n2)n1. The molecule has 2 heterocycles. The maximum absolute atomic E-state index is 5.39. The smallest absolute Gasteiger partial charge is 0.417 e. The highest BCUT2D eigenvalue weighted by atomic mass is 16.6. The predicted molar refractivity (Wildman–Crippen MR) is 65.3 cm³/mol. The van der Waals surface area contributed by atoms with E-state index in [9.17, 15) is 0 Å². The van der Waals surface area contributed by atoms with Gasteiger partial charge in [-0.2, -0.15) is 4.98 Å². The van der Waals surface area contributed by atoms with Crippen molar-refractivity contribution in [1.29, 1.82) is 0 Å². The minimum absolute atomic E-state index is 0.127. The molecular formula is C13H11N3O3. The van der Waals surface area contributed by atoms with Crippen LogP contribution >= 0.6 is 0 Å². The number of hydrogen-bond acceptors (Lipinski definition) is 6. The van der Waals surface area contributed by atoms with Gasteiger partial charge in [-0.05, 0) is 19.1 Å². The number of rotatable bonds is 4. The average molecular weight is 257 g/mol. The highest BCUT2D eigenvalue weighted by molar-refractivity contribution is 5.52. The van der Waals surface area contributed by atoms with Gasteiger partial charge >= 0.3 is 6.08 Å². The lowest BCUT2D eigenvalue weighted by Crippen LogP contribution is -1.95. The molecule has 1 aromatic carbocycles. The fraction of sp³-hybridized carbons (Fsp3) is 0.154. The lowest BCUT2D eigenvalue weighted by atomic mass is 10.2. The van der Waals surface area contributed by atoms with Gasteiger partial charge in [-0.1, -0.05) is 23.4 Å². The summed E-state index contributed by atoms with van der Waals surface area (Å²) < 4.78 is 15.5. The summed E-state index contributed by atoms with van der Waals surface area (Å²) in [4.78, 5) is 8.25. The van der Waals surface area contributed by atoms with E-state index in [4.69, 9.17) is 13.7 Å². The minimum atomic E-state index is 0.127. The van der Waals surface area contributed by atoms with Crippen LogP contribution in [0.2, 0.25) is 0 Å². The van der Waals surface area contributed by atoms with Gasteiger partial charge in [0.2, 0.25) is 5.89 Å². The van der Waals surface area contributed by atoms with Gasteiger partial charge in [0.05, 0.1) is 0 Å². The molecule has 0 aliphatic heterocycles. The van der Waals surface area contributed by atoms with Crippen LogP contribution in [0.1, 0.15) is 11.5 Å². The van der Waals surface area contributed by atoms with Gasteiger partial charge in [-0.15, -0.1) is 0 Å². The Morgan fingerprint density at radius 3 is 2.74 bits per heavy atom. The summed E-state index contributed by atoms with van der Waals surface area (Å²) in [5, 5.41) is 3.63. The molecule has 3 rings (SSSR count). The summed E-state index contributed by atoms with van der Waals surface area (Å²) >= 11 is 0. The largest absolute Gasteiger partial charge is 0.444 e. The molecule has 19 heavy (non-hydrogen) atoms. The van der Waals surface area contributed by atoms with E-state index in [0.29, 0.717) is 17.4 Å². The molecule has 0 spiro atoms. The Balaban J connectivity index is 1.68. The van der Waals surface area contributed by atoms with Crippen LogP contribution in [0.5, 0.6) is 6.08 Å². The topological polar surface area (TPSA) is 74.2 Å². The molecule has 0 bridgehead atoms. The highest BCUT2D eigenvalue weighted by Gasteiger charge is 2.09. The van der Waals surface area contributed by atoms with Crippen LogP contribution in [-0.4, -0.2) is 15.1 Å². The molecule has 0 atom stereocenters. The van der Waals surface area contributed by atoms with Crippen molar-refractivity contribution in [3.8, 4) is 17.5 Å². The molecule has 0 aliphatic rings. The van der Waals surface area contributed by atoms with Crippen LogP contribution in [0.4, 0.5) is 0 Å². The molecule has 0 saturated carbocycles. The summed E-state index contributed by atoms with van der Waals surface area (Å²) in [7, 11) is 0. The number of benzene rings is 1. The predicted octanol–water partition coefficient (Wildman–Crippen LogP) is 2.61. The lowest BCUT2D eigenvalue weighted by Gasteiger charge is -1.95. The number of nitrogens with zero attached hydrogens (tertiary/aromatic N) is 3. The Labute approximate surface area is 109 Å². The molecule has 0 radical (unpaired) electrons. The van der Waals surface area contributed by atoms with Crippen molar-refractivity contribution in [2.45, 2.75) is 13.5 Å². The van der Waals surface area contributed by atoms with Crippen molar-refractivity contribution in [3.63, 3.8) is 0 Å². The van der Waals surface area contributed by atoms with Crippen LogP contribution in [0, 0.1) is 6.92 Å². The average Bonchev–Trinajstić information content (AvgIpc) is 3.06. The van der Waals surface area contributed by atoms with Crippen molar-refractivity contribution in [2.75, 3.05) is 0 Å². The van der Waals surface area contributed by atoms with E-state index >= 15 is 0 Å². The quantitative estimate of drug-likeness (QED) is 0.715. The molecule has 2 aromatic heterocycles. The number of aromatic nitrogens is 3.